The fraction of sp³-hybridized carbons (Fsp3) is 0.143. The standard InChI is InChI=1S/C14H12Br2ClNO/c1-19-14-5-2-10(15)7-13(14)18-8-9-6-11(17)3-4-12(9)16/h2-7,18H,8H2,1H3. The van der Waals surface area contributed by atoms with Crippen LogP contribution in [0.3, 0.4) is 0 Å². The maximum absolute atomic E-state index is 6.00. The van der Waals surface area contributed by atoms with Gasteiger partial charge in [0.05, 0.1) is 12.8 Å². The van der Waals surface area contributed by atoms with Crippen molar-refractivity contribution in [1.29, 1.82) is 0 Å². The van der Waals surface area contributed by atoms with Crippen LogP contribution in [0.25, 0.3) is 0 Å². The molecular weight excluding hydrogens is 393 g/mol. The summed E-state index contributed by atoms with van der Waals surface area (Å²) in [6.45, 7) is 0.661. The zero-order valence-corrected chi connectivity index (χ0v) is 14.1. The van der Waals surface area contributed by atoms with Gasteiger partial charge in [-0.3, -0.25) is 0 Å². The lowest BCUT2D eigenvalue weighted by Gasteiger charge is -2.12. The third-order valence-electron chi connectivity index (χ3n) is 2.64. The van der Waals surface area contributed by atoms with Crippen LogP contribution in [0, 0.1) is 0 Å². The molecule has 0 heterocycles. The Balaban J connectivity index is 2.18. The van der Waals surface area contributed by atoms with E-state index in [0.717, 1.165) is 31.0 Å². The molecule has 0 amide bonds. The molecule has 0 spiro atoms. The first-order valence-corrected chi connectivity index (χ1v) is 7.58. The van der Waals surface area contributed by atoms with Crippen LogP contribution in [0.4, 0.5) is 5.69 Å². The van der Waals surface area contributed by atoms with Crippen molar-refractivity contribution < 1.29 is 4.74 Å². The van der Waals surface area contributed by atoms with Crippen LogP contribution in [0.1, 0.15) is 5.56 Å². The first kappa shape index (κ1) is 14.7. The van der Waals surface area contributed by atoms with E-state index in [1.165, 1.54) is 0 Å². The van der Waals surface area contributed by atoms with E-state index in [9.17, 15) is 0 Å². The molecule has 2 nitrogen and oxygen atoms in total. The van der Waals surface area contributed by atoms with Crippen LogP contribution < -0.4 is 10.1 Å². The second kappa shape index (κ2) is 6.64. The Morgan fingerprint density at radius 2 is 1.95 bits per heavy atom. The summed E-state index contributed by atoms with van der Waals surface area (Å²) in [6.07, 6.45) is 0. The van der Waals surface area contributed by atoms with Crippen LogP contribution >= 0.6 is 43.5 Å². The zero-order valence-electron chi connectivity index (χ0n) is 10.2. The number of anilines is 1. The van der Waals surface area contributed by atoms with Crippen molar-refractivity contribution in [2.24, 2.45) is 0 Å². The second-order valence-electron chi connectivity index (χ2n) is 3.93. The lowest BCUT2D eigenvalue weighted by molar-refractivity contribution is 0.416. The van der Waals surface area contributed by atoms with Crippen molar-refractivity contribution in [1.82, 2.24) is 0 Å². The van der Waals surface area contributed by atoms with E-state index in [4.69, 9.17) is 16.3 Å². The fourth-order valence-corrected chi connectivity index (χ4v) is 2.63. The molecule has 0 bridgehead atoms. The maximum Gasteiger partial charge on any atom is 0.142 e. The largest absolute Gasteiger partial charge is 0.495 e. The third kappa shape index (κ3) is 3.88. The minimum Gasteiger partial charge on any atom is -0.495 e. The van der Waals surface area contributed by atoms with E-state index in [-0.39, 0.29) is 0 Å². The van der Waals surface area contributed by atoms with Crippen molar-refractivity contribution >= 4 is 49.1 Å². The van der Waals surface area contributed by atoms with Crippen molar-refractivity contribution in [3.05, 3.63) is 55.9 Å². The molecule has 19 heavy (non-hydrogen) atoms. The van der Waals surface area contributed by atoms with Gasteiger partial charge < -0.3 is 10.1 Å². The van der Waals surface area contributed by atoms with E-state index in [1.807, 2.05) is 36.4 Å². The van der Waals surface area contributed by atoms with Gasteiger partial charge >= 0.3 is 0 Å². The lowest BCUT2D eigenvalue weighted by atomic mass is 10.2. The highest BCUT2D eigenvalue weighted by Gasteiger charge is 2.05. The fourth-order valence-electron chi connectivity index (χ4n) is 1.69. The van der Waals surface area contributed by atoms with E-state index in [0.29, 0.717) is 6.54 Å². The van der Waals surface area contributed by atoms with Gasteiger partial charge in [-0.2, -0.15) is 0 Å². The maximum atomic E-state index is 6.00. The Morgan fingerprint density at radius 3 is 2.68 bits per heavy atom. The molecule has 100 valence electrons. The number of hydrogen-bond donors (Lipinski definition) is 1. The number of hydrogen-bond acceptors (Lipinski definition) is 2. The molecule has 5 heteroatoms. The topological polar surface area (TPSA) is 21.3 Å². The molecule has 1 N–H and O–H groups in total. The molecule has 0 saturated heterocycles. The van der Waals surface area contributed by atoms with Crippen LogP contribution in [0.2, 0.25) is 5.02 Å². The van der Waals surface area contributed by atoms with Gasteiger partial charge in [-0.25, -0.2) is 0 Å². The number of halogens is 3. The number of benzene rings is 2. The van der Waals surface area contributed by atoms with E-state index >= 15 is 0 Å². The Bertz CT molecular complexity index is 590. The van der Waals surface area contributed by atoms with Gasteiger partial charge in [-0.15, -0.1) is 0 Å². The highest BCUT2D eigenvalue weighted by atomic mass is 79.9. The summed E-state index contributed by atoms with van der Waals surface area (Å²) < 4.78 is 7.35. The van der Waals surface area contributed by atoms with Crippen molar-refractivity contribution in [3.8, 4) is 5.75 Å². The lowest BCUT2D eigenvalue weighted by Crippen LogP contribution is -2.02. The summed E-state index contributed by atoms with van der Waals surface area (Å²) in [6, 6.07) is 11.6. The number of nitrogens with one attached hydrogen (secondary N) is 1. The zero-order chi connectivity index (χ0) is 13.8. The van der Waals surface area contributed by atoms with Crippen molar-refractivity contribution in [2.75, 3.05) is 12.4 Å². The molecule has 2 rings (SSSR count). The Hall–Kier alpha value is -0.710. The van der Waals surface area contributed by atoms with E-state index < -0.39 is 0 Å². The molecule has 0 aromatic heterocycles. The van der Waals surface area contributed by atoms with Gasteiger partial charge in [0.25, 0.3) is 0 Å². The van der Waals surface area contributed by atoms with Crippen LogP contribution in [-0.4, -0.2) is 7.11 Å². The first-order valence-electron chi connectivity index (χ1n) is 5.61. The molecule has 0 fully saturated rings. The Kier molecular flexibility index (Phi) is 5.13. The van der Waals surface area contributed by atoms with Gasteiger partial charge in [0, 0.05) is 20.5 Å². The average Bonchev–Trinajstić information content (AvgIpc) is 2.40. The molecule has 2 aromatic rings. The summed E-state index contributed by atoms with van der Waals surface area (Å²) in [5.74, 6) is 0.807. The average molecular weight is 406 g/mol. The number of rotatable bonds is 4. The van der Waals surface area contributed by atoms with Gasteiger partial charge in [-0.1, -0.05) is 43.5 Å². The predicted octanol–water partition coefficient (Wildman–Crippen LogP) is 5.49. The predicted molar refractivity (Wildman–Crippen MR) is 87.2 cm³/mol. The van der Waals surface area contributed by atoms with Crippen molar-refractivity contribution in [2.45, 2.75) is 6.54 Å². The molecule has 0 unspecified atom stereocenters. The molecule has 0 aliphatic heterocycles. The third-order valence-corrected chi connectivity index (χ3v) is 4.14. The quantitative estimate of drug-likeness (QED) is 0.727. The summed E-state index contributed by atoms with van der Waals surface area (Å²) in [7, 11) is 1.66. The Labute approximate surface area is 134 Å². The first-order chi connectivity index (χ1) is 9.10. The number of methoxy groups -OCH3 is 1. The van der Waals surface area contributed by atoms with Gasteiger partial charge in [0.1, 0.15) is 5.75 Å². The Morgan fingerprint density at radius 1 is 1.16 bits per heavy atom. The summed E-state index contributed by atoms with van der Waals surface area (Å²) in [4.78, 5) is 0. The van der Waals surface area contributed by atoms with Gasteiger partial charge in [0.2, 0.25) is 0 Å². The molecule has 0 radical (unpaired) electrons. The van der Waals surface area contributed by atoms with Crippen LogP contribution in [-0.2, 0) is 6.54 Å². The van der Waals surface area contributed by atoms with Gasteiger partial charge in [0.15, 0.2) is 0 Å². The number of ether oxygens (including phenoxy) is 1. The van der Waals surface area contributed by atoms with E-state index in [2.05, 4.69) is 37.2 Å². The van der Waals surface area contributed by atoms with Crippen LogP contribution in [0.15, 0.2) is 45.3 Å². The molecule has 0 aliphatic carbocycles. The molecule has 0 aliphatic rings. The van der Waals surface area contributed by atoms with E-state index in [1.54, 1.807) is 7.11 Å². The SMILES string of the molecule is COc1ccc(Br)cc1NCc1cc(Cl)ccc1Br. The van der Waals surface area contributed by atoms with Crippen molar-refractivity contribution in [3.63, 3.8) is 0 Å². The monoisotopic (exact) mass is 403 g/mol. The summed E-state index contributed by atoms with van der Waals surface area (Å²) in [5.41, 5.74) is 2.03. The normalized spacial score (nSPS) is 10.3. The minimum absolute atomic E-state index is 0.661. The summed E-state index contributed by atoms with van der Waals surface area (Å²) >= 11 is 13.0. The van der Waals surface area contributed by atoms with Gasteiger partial charge in [-0.05, 0) is 42.0 Å². The second-order valence-corrected chi connectivity index (χ2v) is 6.14. The molecular formula is C14H12Br2ClNO. The van der Waals surface area contributed by atoms with Crippen LogP contribution in [0.5, 0.6) is 5.75 Å². The summed E-state index contributed by atoms with van der Waals surface area (Å²) in [5, 5.41) is 4.07. The highest BCUT2D eigenvalue weighted by molar-refractivity contribution is 9.10. The molecule has 2 aromatic carbocycles. The molecule has 0 saturated carbocycles. The smallest absolute Gasteiger partial charge is 0.142 e. The highest BCUT2D eigenvalue weighted by Crippen LogP contribution is 2.29. The molecule has 0 atom stereocenters. The minimum atomic E-state index is 0.661.